The second kappa shape index (κ2) is 5.75. The predicted molar refractivity (Wildman–Crippen MR) is 76.1 cm³/mol. The van der Waals surface area contributed by atoms with Gasteiger partial charge in [-0.2, -0.15) is 10.4 Å². The van der Waals surface area contributed by atoms with Crippen molar-refractivity contribution in [3.8, 4) is 17.3 Å². The monoisotopic (exact) mass is 270 g/mol. The Morgan fingerprint density at radius 2 is 2.16 bits per heavy atom. The summed E-state index contributed by atoms with van der Waals surface area (Å²) in [5, 5.41) is 21.5. The molecule has 2 rings (SSSR count). The number of hydrogen-bond donors (Lipinski definition) is 3. The molecule has 6 nitrogen and oxygen atoms in total. The van der Waals surface area contributed by atoms with Crippen LogP contribution in [0.4, 0.5) is 5.69 Å². The predicted octanol–water partition coefficient (Wildman–Crippen LogP) is 2.04. The second-order valence-electron chi connectivity index (χ2n) is 3.55. The molecule has 0 aliphatic carbocycles. The van der Waals surface area contributed by atoms with E-state index in [1.807, 2.05) is 29.6 Å². The van der Waals surface area contributed by atoms with Crippen LogP contribution < -0.4 is 11.2 Å². The van der Waals surface area contributed by atoms with Crippen LogP contribution in [-0.4, -0.2) is 16.5 Å². The summed E-state index contributed by atoms with van der Waals surface area (Å²) in [5.41, 5.74) is 12.1. The van der Waals surface area contributed by atoms with Gasteiger partial charge in [-0.3, -0.25) is 10.8 Å². The Morgan fingerprint density at radius 1 is 1.42 bits per heavy atom. The minimum atomic E-state index is -0.367. The second-order valence-corrected chi connectivity index (χ2v) is 4.27. The molecule has 7 heteroatoms. The normalized spacial score (nSPS) is 10.8. The molecule has 4 N–H and O–H groups in total. The fourth-order valence-electron chi connectivity index (χ4n) is 1.34. The number of hydrogen-bond acceptors (Lipinski definition) is 6. The van der Waals surface area contributed by atoms with Crippen LogP contribution in [0.25, 0.3) is 11.3 Å². The van der Waals surface area contributed by atoms with E-state index in [1.165, 1.54) is 11.3 Å². The topological polar surface area (TPSA) is 111 Å². The minimum Gasteiger partial charge on any atom is -0.382 e. The zero-order valence-electron chi connectivity index (χ0n) is 9.79. The van der Waals surface area contributed by atoms with E-state index in [4.69, 9.17) is 16.4 Å². The van der Waals surface area contributed by atoms with E-state index in [-0.39, 0.29) is 11.5 Å². The highest BCUT2D eigenvalue weighted by Gasteiger charge is 2.02. The summed E-state index contributed by atoms with van der Waals surface area (Å²) in [7, 11) is 0. The van der Waals surface area contributed by atoms with Gasteiger partial charge in [0.2, 0.25) is 5.71 Å². The number of hydrazone groups is 1. The third-order valence-electron chi connectivity index (χ3n) is 2.27. The van der Waals surface area contributed by atoms with Gasteiger partial charge in [0, 0.05) is 10.9 Å². The first-order valence-corrected chi connectivity index (χ1v) is 6.22. The van der Waals surface area contributed by atoms with Gasteiger partial charge < -0.3 is 5.73 Å². The van der Waals surface area contributed by atoms with Gasteiger partial charge in [-0.1, -0.05) is 12.1 Å². The molecule has 0 aliphatic rings. The SMILES string of the molecule is N#C/C(=N\Nc1ccc(-c2cscn2)cc1)C(=N)N. The molecule has 0 spiro atoms. The number of anilines is 1. The molecule has 1 aromatic heterocycles. The molecule has 0 amide bonds. The molecular weight excluding hydrogens is 260 g/mol. The van der Waals surface area contributed by atoms with Crippen molar-refractivity contribution in [1.82, 2.24) is 4.98 Å². The molecule has 0 saturated carbocycles. The van der Waals surface area contributed by atoms with Crippen LogP contribution in [-0.2, 0) is 0 Å². The number of thiazole rings is 1. The maximum atomic E-state index is 8.69. The van der Waals surface area contributed by atoms with Gasteiger partial charge in [0.25, 0.3) is 0 Å². The van der Waals surface area contributed by atoms with E-state index in [2.05, 4.69) is 15.5 Å². The summed E-state index contributed by atoms with van der Waals surface area (Å²) in [6, 6.07) is 9.15. The Kier molecular flexibility index (Phi) is 3.85. The maximum Gasteiger partial charge on any atom is 0.201 e. The highest BCUT2D eigenvalue weighted by Crippen LogP contribution is 2.20. The number of nitrogens with one attached hydrogen (secondary N) is 2. The van der Waals surface area contributed by atoms with E-state index in [9.17, 15) is 0 Å². The lowest BCUT2D eigenvalue weighted by Crippen LogP contribution is -2.21. The molecule has 0 unspecified atom stereocenters. The van der Waals surface area contributed by atoms with Gasteiger partial charge in [0.1, 0.15) is 6.07 Å². The molecule has 94 valence electrons. The maximum absolute atomic E-state index is 8.69. The first-order chi connectivity index (χ1) is 9.20. The van der Waals surface area contributed by atoms with Gasteiger partial charge >= 0.3 is 0 Å². The molecule has 0 radical (unpaired) electrons. The Bertz CT molecular complexity index is 636. The molecule has 0 aliphatic heterocycles. The Hall–Kier alpha value is -2.72. The van der Waals surface area contributed by atoms with Crippen molar-refractivity contribution in [2.75, 3.05) is 5.43 Å². The zero-order chi connectivity index (χ0) is 13.7. The fraction of sp³-hybridized carbons (Fsp3) is 0. The lowest BCUT2D eigenvalue weighted by molar-refractivity contribution is 1.33. The summed E-state index contributed by atoms with van der Waals surface area (Å²) in [6.07, 6.45) is 0. The zero-order valence-corrected chi connectivity index (χ0v) is 10.6. The molecule has 0 atom stereocenters. The van der Waals surface area contributed by atoms with Gasteiger partial charge in [-0.15, -0.1) is 11.3 Å². The molecular formula is C12H10N6S. The number of nitrogens with zero attached hydrogens (tertiary/aromatic N) is 3. The molecule has 1 aromatic carbocycles. The molecule has 0 bridgehead atoms. The van der Waals surface area contributed by atoms with Crippen LogP contribution in [0.5, 0.6) is 0 Å². The highest BCUT2D eigenvalue weighted by atomic mass is 32.1. The van der Waals surface area contributed by atoms with Crippen LogP contribution in [0.1, 0.15) is 0 Å². The molecule has 0 fully saturated rings. The van der Waals surface area contributed by atoms with Gasteiger partial charge in [0.15, 0.2) is 5.84 Å². The van der Waals surface area contributed by atoms with E-state index in [1.54, 1.807) is 11.6 Å². The summed E-state index contributed by atoms with van der Waals surface area (Å²) >= 11 is 1.54. The minimum absolute atomic E-state index is 0.149. The number of benzene rings is 1. The average Bonchev–Trinajstić information content (AvgIpc) is 2.94. The lowest BCUT2D eigenvalue weighted by Gasteiger charge is -2.02. The number of aromatic nitrogens is 1. The Labute approximate surface area is 113 Å². The third-order valence-corrected chi connectivity index (χ3v) is 2.86. The number of amidine groups is 1. The van der Waals surface area contributed by atoms with Crippen molar-refractivity contribution in [2.45, 2.75) is 0 Å². The Balaban J connectivity index is 2.12. The fourth-order valence-corrected chi connectivity index (χ4v) is 1.90. The smallest absolute Gasteiger partial charge is 0.201 e. The van der Waals surface area contributed by atoms with Crippen LogP contribution in [0.3, 0.4) is 0 Å². The first-order valence-electron chi connectivity index (χ1n) is 5.27. The summed E-state index contributed by atoms with van der Waals surface area (Å²) in [5.74, 6) is -0.367. The van der Waals surface area contributed by atoms with Crippen molar-refractivity contribution < 1.29 is 0 Å². The first kappa shape index (κ1) is 12.7. The number of nitriles is 1. The van der Waals surface area contributed by atoms with E-state index in [0.717, 1.165) is 11.3 Å². The van der Waals surface area contributed by atoms with Crippen LogP contribution in [0.15, 0.2) is 40.3 Å². The van der Waals surface area contributed by atoms with E-state index < -0.39 is 0 Å². The van der Waals surface area contributed by atoms with Crippen molar-refractivity contribution in [2.24, 2.45) is 10.8 Å². The summed E-state index contributed by atoms with van der Waals surface area (Å²) in [6.45, 7) is 0. The quantitative estimate of drug-likeness (QED) is 0.448. The van der Waals surface area contributed by atoms with Gasteiger partial charge in [-0.25, -0.2) is 4.98 Å². The van der Waals surface area contributed by atoms with E-state index in [0.29, 0.717) is 5.69 Å². The van der Waals surface area contributed by atoms with Crippen LogP contribution >= 0.6 is 11.3 Å². The largest absolute Gasteiger partial charge is 0.382 e. The number of nitrogens with two attached hydrogens (primary N) is 1. The summed E-state index contributed by atoms with van der Waals surface area (Å²) < 4.78 is 0. The third kappa shape index (κ3) is 3.14. The van der Waals surface area contributed by atoms with Crippen molar-refractivity contribution >= 4 is 28.6 Å². The highest BCUT2D eigenvalue weighted by molar-refractivity contribution is 7.07. The number of rotatable bonds is 4. The standard InChI is InChI=1S/C12H10N6S/c13-5-10(12(14)15)18-17-9-3-1-8(2-4-9)11-6-19-7-16-11/h1-4,6-7,17H,(H3,14,15)/b18-10+. The van der Waals surface area contributed by atoms with E-state index >= 15 is 0 Å². The molecule has 2 aromatic rings. The van der Waals surface area contributed by atoms with Crippen LogP contribution in [0.2, 0.25) is 0 Å². The molecule has 1 heterocycles. The molecule has 19 heavy (non-hydrogen) atoms. The van der Waals surface area contributed by atoms with Crippen molar-refractivity contribution in [1.29, 1.82) is 10.7 Å². The Morgan fingerprint density at radius 3 is 2.68 bits per heavy atom. The van der Waals surface area contributed by atoms with Crippen molar-refractivity contribution in [3.63, 3.8) is 0 Å². The molecule has 0 saturated heterocycles. The lowest BCUT2D eigenvalue weighted by atomic mass is 10.1. The van der Waals surface area contributed by atoms with Gasteiger partial charge in [-0.05, 0) is 12.1 Å². The van der Waals surface area contributed by atoms with Crippen molar-refractivity contribution in [3.05, 3.63) is 35.2 Å². The summed E-state index contributed by atoms with van der Waals surface area (Å²) in [4.78, 5) is 4.21. The average molecular weight is 270 g/mol. The van der Waals surface area contributed by atoms with Crippen LogP contribution in [0, 0.1) is 16.7 Å². The van der Waals surface area contributed by atoms with Gasteiger partial charge in [0.05, 0.1) is 16.9 Å².